The summed E-state index contributed by atoms with van der Waals surface area (Å²) in [5.74, 6) is -9.10. The zero-order valence-corrected chi connectivity index (χ0v) is 38.9. The number of unbranched alkanes of at least 4 members (excludes halogenated alkanes) is 1. The Labute approximate surface area is 393 Å². The smallest absolute Gasteiger partial charge is 0.317 e. The SMILES string of the molecule is CC(=O)[C@@H](CCCCNC(=O)CNC(=O)CNC(=O)[C@H](CO)NC(=O)CNC(=O)CNC(=O)[C@H](CO)NC(=O)CN1CCN(CC(=O)O)CCN(CC(=O)O)CCN(CC(=O)O)CC1)NC(C)C. The first kappa shape index (κ1) is 60.1. The van der Waals surface area contributed by atoms with E-state index in [2.05, 4.69) is 42.5 Å². The maximum Gasteiger partial charge on any atom is 0.317 e. The fourth-order valence-electron chi connectivity index (χ4n) is 6.50. The number of aliphatic carboxylic acids is 3. The van der Waals surface area contributed by atoms with E-state index in [4.69, 9.17) is 0 Å². The van der Waals surface area contributed by atoms with Crippen LogP contribution in [0.15, 0.2) is 0 Å². The van der Waals surface area contributed by atoms with Crippen molar-refractivity contribution in [1.29, 1.82) is 0 Å². The number of hydrogen-bond acceptors (Lipinski definition) is 18. The molecule has 28 nitrogen and oxygen atoms in total. The van der Waals surface area contributed by atoms with Gasteiger partial charge in [0.2, 0.25) is 41.4 Å². The third-order valence-corrected chi connectivity index (χ3v) is 10.0. The van der Waals surface area contributed by atoms with E-state index in [1.165, 1.54) is 6.92 Å². The second-order valence-electron chi connectivity index (χ2n) is 16.2. The largest absolute Gasteiger partial charge is 0.480 e. The van der Waals surface area contributed by atoms with Crippen LogP contribution in [0.25, 0.3) is 0 Å². The lowest BCUT2D eigenvalue weighted by atomic mass is 10.1. The molecule has 1 heterocycles. The van der Waals surface area contributed by atoms with Gasteiger partial charge >= 0.3 is 17.9 Å². The van der Waals surface area contributed by atoms with Crippen LogP contribution < -0.4 is 42.5 Å². The number of rotatable bonds is 30. The maximum atomic E-state index is 13.1. The maximum absolute atomic E-state index is 13.1. The Bertz CT molecular complexity index is 1670. The Morgan fingerprint density at radius 1 is 0.456 bits per heavy atom. The summed E-state index contributed by atoms with van der Waals surface area (Å²) in [7, 11) is 0. The number of amides is 7. The van der Waals surface area contributed by atoms with Crippen LogP contribution in [-0.4, -0.2) is 259 Å². The second-order valence-corrected chi connectivity index (χ2v) is 16.2. The van der Waals surface area contributed by atoms with Gasteiger partial charge in [0.25, 0.3) is 0 Å². The molecule has 1 fully saturated rings. The van der Waals surface area contributed by atoms with E-state index < -0.39 is 104 Å². The summed E-state index contributed by atoms with van der Waals surface area (Å²) in [5.41, 5.74) is 0. The predicted molar refractivity (Wildman–Crippen MR) is 238 cm³/mol. The summed E-state index contributed by atoms with van der Waals surface area (Å²) in [5, 5.41) is 66.9. The number of Topliss-reactive ketones (excluding diaryl/α,β-unsaturated/α-hetero) is 1. The molecule has 0 bridgehead atoms. The Morgan fingerprint density at radius 3 is 1.18 bits per heavy atom. The molecule has 1 aliphatic rings. The zero-order chi connectivity index (χ0) is 51.2. The molecule has 0 aromatic heterocycles. The molecule has 0 unspecified atom stereocenters. The minimum absolute atomic E-state index is 0.0271. The van der Waals surface area contributed by atoms with Crippen LogP contribution in [0, 0.1) is 0 Å². The zero-order valence-electron chi connectivity index (χ0n) is 38.9. The van der Waals surface area contributed by atoms with E-state index >= 15 is 0 Å². The van der Waals surface area contributed by atoms with Crippen molar-refractivity contribution in [2.45, 2.75) is 64.2 Å². The topological polar surface area (TPSA) is 398 Å². The minimum atomic E-state index is -1.54. The number of nitrogens with zero attached hydrogens (tertiary/aromatic N) is 4. The van der Waals surface area contributed by atoms with Crippen LogP contribution in [0.5, 0.6) is 0 Å². The molecule has 68 heavy (non-hydrogen) atoms. The van der Waals surface area contributed by atoms with E-state index in [1.807, 2.05) is 13.8 Å². The summed E-state index contributed by atoms with van der Waals surface area (Å²) >= 11 is 0. The van der Waals surface area contributed by atoms with E-state index in [9.17, 15) is 78.3 Å². The van der Waals surface area contributed by atoms with Gasteiger partial charge in [0.1, 0.15) is 17.9 Å². The van der Waals surface area contributed by atoms with Gasteiger partial charge in [0, 0.05) is 64.9 Å². The highest BCUT2D eigenvalue weighted by molar-refractivity contribution is 5.94. The number of nitrogens with one attached hydrogen (secondary N) is 8. The summed E-state index contributed by atoms with van der Waals surface area (Å²) < 4.78 is 0. The number of hydrogen-bond donors (Lipinski definition) is 13. The molecule has 0 spiro atoms. The summed E-state index contributed by atoms with van der Waals surface area (Å²) in [6.45, 7) is 1.14. The molecule has 0 aliphatic carbocycles. The molecule has 0 aromatic rings. The monoisotopic (exact) mass is 975 g/mol. The second kappa shape index (κ2) is 33.5. The Hall–Kier alpha value is -5.91. The van der Waals surface area contributed by atoms with Crippen LogP contribution in [0.4, 0.5) is 0 Å². The third-order valence-electron chi connectivity index (χ3n) is 10.0. The van der Waals surface area contributed by atoms with Crippen molar-refractivity contribution in [3.05, 3.63) is 0 Å². The molecular formula is C40H70N12O16. The fraction of sp³-hybridized carbons (Fsp3) is 0.725. The Balaban J connectivity index is 2.57. The first-order valence-electron chi connectivity index (χ1n) is 22.1. The van der Waals surface area contributed by atoms with Gasteiger partial charge in [-0.2, -0.15) is 0 Å². The van der Waals surface area contributed by atoms with Crippen LogP contribution in [0.2, 0.25) is 0 Å². The minimum Gasteiger partial charge on any atom is -0.480 e. The van der Waals surface area contributed by atoms with Gasteiger partial charge < -0.3 is 68.1 Å². The molecule has 28 heteroatoms. The number of carboxylic acid groups (broad SMARTS) is 3. The molecule has 0 aromatic carbocycles. The lowest BCUT2D eigenvalue weighted by Gasteiger charge is -2.33. The lowest BCUT2D eigenvalue weighted by Crippen LogP contribution is -2.54. The van der Waals surface area contributed by atoms with Crippen molar-refractivity contribution in [1.82, 2.24) is 62.1 Å². The highest BCUT2D eigenvalue weighted by Gasteiger charge is 2.25. The summed E-state index contributed by atoms with van der Waals surface area (Å²) in [4.78, 5) is 140. The number of carbonyl (C=O) groups excluding carboxylic acids is 8. The van der Waals surface area contributed by atoms with E-state index in [0.717, 1.165) is 0 Å². The summed E-state index contributed by atoms with van der Waals surface area (Å²) in [6.07, 6.45) is 1.89. The molecule has 1 saturated heterocycles. The van der Waals surface area contributed by atoms with Crippen molar-refractivity contribution < 1.29 is 78.3 Å². The van der Waals surface area contributed by atoms with Crippen molar-refractivity contribution in [2.75, 3.05) is 124 Å². The van der Waals surface area contributed by atoms with Crippen molar-refractivity contribution in [3.8, 4) is 0 Å². The molecule has 3 atom stereocenters. The number of carboxylic acids is 3. The van der Waals surface area contributed by atoms with E-state index in [-0.39, 0.29) is 103 Å². The Morgan fingerprint density at radius 2 is 0.809 bits per heavy atom. The third kappa shape index (κ3) is 28.3. The van der Waals surface area contributed by atoms with Crippen LogP contribution in [-0.2, 0) is 52.7 Å². The van der Waals surface area contributed by atoms with Crippen molar-refractivity contribution in [2.24, 2.45) is 0 Å². The van der Waals surface area contributed by atoms with Gasteiger partial charge in [-0.15, -0.1) is 0 Å². The number of ketones is 1. The van der Waals surface area contributed by atoms with Crippen molar-refractivity contribution >= 4 is 65.0 Å². The standard InChI is InChI=1S/C40H70N12O16/c1-26(2)46-28(27(3)55)6-4-5-7-41-31(56)16-42-32(57)17-44-39(67)29(24-53)47-34(59)19-43-33(58)18-45-40(68)30(25-54)48-35(60)20-49-8-10-50(21-36(61)62)12-14-52(23-38(65)66)15-13-51(11-9-49)22-37(63)64/h26,28-30,46,53-54H,4-25H2,1-3H3,(H,41,56)(H,42,57)(H,43,58)(H,44,67)(H,45,68)(H,47,59)(H,48,60)(H,61,62)(H,63,64)(H,65,66)/t28-,29+,30+/m1/s1. The molecular weight excluding hydrogens is 905 g/mol. The molecule has 7 amide bonds. The molecule has 0 radical (unpaired) electrons. The molecule has 0 saturated carbocycles. The molecule has 13 N–H and O–H groups in total. The molecule has 386 valence electrons. The first-order valence-corrected chi connectivity index (χ1v) is 22.1. The van der Waals surface area contributed by atoms with Crippen LogP contribution in [0.1, 0.15) is 40.0 Å². The highest BCUT2D eigenvalue weighted by Crippen LogP contribution is 2.04. The van der Waals surface area contributed by atoms with E-state index in [1.54, 1.807) is 19.6 Å². The Kier molecular flexibility index (Phi) is 29.7. The normalized spacial score (nSPS) is 15.8. The van der Waals surface area contributed by atoms with Gasteiger partial charge in [-0.1, -0.05) is 13.8 Å². The highest BCUT2D eigenvalue weighted by atomic mass is 16.4. The quantitative estimate of drug-likeness (QED) is 0.0297. The average molecular weight is 975 g/mol. The van der Waals surface area contributed by atoms with E-state index in [0.29, 0.717) is 25.8 Å². The van der Waals surface area contributed by atoms with Gasteiger partial charge in [-0.3, -0.25) is 72.3 Å². The first-order chi connectivity index (χ1) is 32.1. The molecule has 1 aliphatic heterocycles. The predicted octanol–water partition coefficient (Wildman–Crippen LogP) is -7.88. The van der Waals surface area contributed by atoms with Gasteiger partial charge in [0.15, 0.2) is 0 Å². The number of aliphatic hydroxyl groups excluding tert-OH is 2. The van der Waals surface area contributed by atoms with Gasteiger partial charge in [-0.25, -0.2) is 0 Å². The number of carbonyl (C=O) groups is 11. The summed E-state index contributed by atoms with van der Waals surface area (Å²) in [6, 6.07) is -3.20. The van der Waals surface area contributed by atoms with Crippen LogP contribution in [0.3, 0.4) is 0 Å². The number of aliphatic hydroxyl groups is 2. The lowest BCUT2D eigenvalue weighted by molar-refractivity contribution is -0.140. The molecule has 1 rings (SSSR count). The average Bonchev–Trinajstić information content (AvgIpc) is 3.26. The fourth-order valence-corrected chi connectivity index (χ4v) is 6.50. The van der Waals surface area contributed by atoms with Crippen molar-refractivity contribution in [3.63, 3.8) is 0 Å². The van der Waals surface area contributed by atoms with Gasteiger partial charge in [-0.05, 0) is 26.2 Å². The van der Waals surface area contributed by atoms with Gasteiger partial charge in [0.05, 0.1) is 71.6 Å². The van der Waals surface area contributed by atoms with Crippen LogP contribution >= 0.6 is 0 Å².